The molecule has 0 saturated carbocycles. The molecule has 0 aliphatic heterocycles. The summed E-state index contributed by atoms with van der Waals surface area (Å²) in [7, 11) is 1.23. The normalized spacial score (nSPS) is 9.62. The number of carboxylic acid groups (broad SMARTS) is 1. The summed E-state index contributed by atoms with van der Waals surface area (Å²) in [5, 5.41) is 26.8. The first-order chi connectivity index (χ1) is 6.06. The first-order valence-electron chi connectivity index (χ1n) is 3.39. The van der Waals surface area contributed by atoms with Crippen molar-refractivity contribution >= 4 is 5.97 Å². The van der Waals surface area contributed by atoms with Crippen LogP contribution in [0.3, 0.4) is 0 Å². The molecule has 0 aliphatic carbocycles. The van der Waals surface area contributed by atoms with Crippen LogP contribution in [0.1, 0.15) is 10.4 Å². The smallest absolute Gasteiger partial charge is 0.339 e. The van der Waals surface area contributed by atoms with Crippen molar-refractivity contribution in [3.63, 3.8) is 0 Å². The molecule has 0 bridgehead atoms. The largest absolute Gasteiger partial charge is 0.508 e. The van der Waals surface area contributed by atoms with Gasteiger partial charge in [-0.3, -0.25) is 0 Å². The molecule has 1 aromatic rings. The van der Waals surface area contributed by atoms with Gasteiger partial charge in [0.1, 0.15) is 11.3 Å². The SMILES string of the molecule is COc1c(O)cc(O)cc1C(=O)O. The van der Waals surface area contributed by atoms with Crippen molar-refractivity contribution < 1.29 is 24.9 Å². The molecule has 0 unspecified atom stereocenters. The van der Waals surface area contributed by atoms with Crippen LogP contribution in [0.15, 0.2) is 12.1 Å². The molecule has 0 atom stereocenters. The molecule has 5 nitrogen and oxygen atoms in total. The maximum atomic E-state index is 10.6. The lowest BCUT2D eigenvalue weighted by Crippen LogP contribution is -2.00. The highest BCUT2D eigenvalue weighted by molar-refractivity contribution is 5.92. The van der Waals surface area contributed by atoms with Gasteiger partial charge in [0.15, 0.2) is 11.5 Å². The van der Waals surface area contributed by atoms with Gasteiger partial charge < -0.3 is 20.1 Å². The summed E-state index contributed by atoms with van der Waals surface area (Å²) in [4.78, 5) is 10.6. The number of methoxy groups -OCH3 is 1. The van der Waals surface area contributed by atoms with Crippen molar-refractivity contribution in [1.29, 1.82) is 0 Å². The number of benzene rings is 1. The van der Waals surface area contributed by atoms with Crippen LogP contribution < -0.4 is 4.74 Å². The molecule has 0 fully saturated rings. The lowest BCUT2D eigenvalue weighted by atomic mass is 10.2. The number of hydrogen-bond acceptors (Lipinski definition) is 4. The minimum Gasteiger partial charge on any atom is -0.508 e. The second-order valence-electron chi connectivity index (χ2n) is 2.35. The van der Waals surface area contributed by atoms with Gasteiger partial charge in [0.25, 0.3) is 0 Å². The second kappa shape index (κ2) is 3.22. The van der Waals surface area contributed by atoms with E-state index < -0.39 is 11.7 Å². The summed E-state index contributed by atoms with van der Waals surface area (Å²) >= 11 is 0. The molecule has 0 amide bonds. The van der Waals surface area contributed by atoms with Crippen LogP contribution in [0.4, 0.5) is 0 Å². The lowest BCUT2D eigenvalue weighted by Gasteiger charge is -2.06. The van der Waals surface area contributed by atoms with Gasteiger partial charge in [0, 0.05) is 6.07 Å². The van der Waals surface area contributed by atoms with Gasteiger partial charge in [-0.15, -0.1) is 0 Å². The molecule has 1 rings (SSSR count). The zero-order chi connectivity index (χ0) is 10.0. The summed E-state index contributed by atoms with van der Waals surface area (Å²) in [6.45, 7) is 0. The fourth-order valence-corrected chi connectivity index (χ4v) is 0.972. The number of rotatable bonds is 2. The third kappa shape index (κ3) is 1.64. The van der Waals surface area contributed by atoms with Gasteiger partial charge in [0.2, 0.25) is 0 Å². The Bertz CT molecular complexity index is 345. The Morgan fingerprint density at radius 3 is 2.46 bits per heavy atom. The predicted molar refractivity (Wildman–Crippen MR) is 43.3 cm³/mol. The Kier molecular flexibility index (Phi) is 2.27. The van der Waals surface area contributed by atoms with E-state index in [1.165, 1.54) is 7.11 Å². The van der Waals surface area contributed by atoms with Gasteiger partial charge in [-0.2, -0.15) is 0 Å². The fourth-order valence-electron chi connectivity index (χ4n) is 0.972. The number of aromatic hydroxyl groups is 2. The number of aromatic carboxylic acids is 1. The van der Waals surface area contributed by atoms with E-state index in [0.717, 1.165) is 12.1 Å². The monoisotopic (exact) mass is 184 g/mol. The minimum atomic E-state index is -1.27. The summed E-state index contributed by atoms with van der Waals surface area (Å²) in [6.07, 6.45) is 0. The van der Waals surface area contributed by atoms with E-state index in [1.54, 1.807) is 0 Å². The zero-order valence-electron chi connectivity index (χ0n) is 6.81. The van der Waals surface area contributed by atoms with Gasteiger partial charge in [0.05, 0.1) is 7.11 Å². The summed E-state index contributed by atoms with van der Waals surface area (Å²) in [5.41, 5.74) is -0.278. The van der Waals surface area contributed by atoms with E-state index in [4.69, 9.17) is 10.2 Å². The number of hydrogen-bond donors (Lipinski definition) is 3. The average Bonchev–Trinajstić information content (AvgIpc) is 2.02. The molecular formula is C8H8O5. The van der Waals surface area contributed by atoms with Gasteiger partial charge in [-0.1, -0.05) is 0 Å². The molecule has 0 saturated heterocycles. The van der Waals surface area contributed by atoms with Crippen molar-refractivity contribution in [2.75, 3.05) is 7.11 Å². The number of carbonyl (C=O) groups is 1. The standard InChI is InChI=1S/C8H8O5/c1-13-7-5(8(11)12)2-4(9)3-6(7)10/h2-3,9-10H,1H3,(H,11,12). The molecule has 0 aromatic heterocycles. The highest BCUT2D eigenvalue weighted by Gasteiger charge is 2.16. The van der Waals surface area contributed by atoms with Crippen LogP contribution in [0.2, 0.25) is 0 Å². The maximum Gasteiger partial charge on any atom is 0.339 e. The van der Waals surface area contributed by atoms with E-state index >= 15 is 0 Å². The Morgan fingerprint density at radius 1 is 1.38 bits per heavy atom. The number of ether oxygens (including phenoxy) is 1. The quantitative estimate of drug-likeness (QED) is 0.632. The highest BCUT2D eigenvalue weighted by atomic mass is 16.5. The molecule has 0 heterocycles. The van der Waals surface area contributed by atoms with Crippen LogP contribution in [0.5, 0.6) is 17.2 Å². The van der Waals surface area contributed by atoms with E-state index in [-0.39, 0.29) is 17.1 Å². The maximum absolute atomic E-state index is 10.6. The van der Waals surface area contributed by atoms with Crippen LogP contribution in [0.25, 0.3) is 0 Å². The fraction of sp³-hybridized carbons (Fsp3) is 0.125. The first kappa shape index (κ1) is 9.18. The highest BCUT2D eigenvalue weighted by Crippen LogP contribution is 2.33. The number of carboxylic acids is 1. The third-order valence-corrected chi connectivity index (χ3v) is 1.49. The Balaban J connectivity index is 3.38. The molecule has 1 aromatic carbocycles. The van der Waals surface area contributed by atoms with E-state index in [0.29, 0.717) is 0 Å². The molecule has 3 N–H and O–H groups in total. The number of phenolic OH excluding ortho intramolecular Hbond substituents is 2. The van der Waals surface area contributed by atoms with Crippen LogP contribution >= 0.6 is 0 Å². The van der Waals surface area contributed by atoms with Crippen molar-refractivity contribution in [3.05, 3.63) is 17.7 Å². The molecule has 0 radical (unpaired) electrons. The van der Waals surface area contributed by atoms with E-state index in [1.807, 2.05) is 0 Å². The summed E-state index contributed by atoms with van der Waals surface area (Å²) < 4.78 is 4.65. The summed E-state index contributed by atoms with van der Waals surface area (Å²) in [5.74, 6) is -2.16. The van der Waals surface area contributed by atoms with E-state index in [2.05, 4.69) is 4.74 Å². The van der Waals surface area contributed by atoms with Crippen molar-refractivity contribution in [2.24, 2.45) is 0 Å². The predicted octanol–water partition coefficient (Wildman–Crippen LogP) is 0.805. The molecule has 5 heteroatoms. The Morgan fingerprint density at radius 2 is 2.00 bits per heavy atom. The van der Waals surface area contributed by atoms with Crippen LogP contribution in [-0.4, -0.2) is 28.4 Å². The Hall–Kier alpha value is -1.91. The zero-order valence-corrected chi connectivity index (χ0v) is 6.81. The topological polar surface area (TPSA) is 87.0 Å². The van der Waals surface area contributed by atoms with E-state index in [9.17, 15) is 9.90 Å². The van der Waals surface area contributed by atoms with Crippen LogP contribution in [0, 0.1) is 0 Å². The lowest BCUT2D eigenvalue weighted by molar-refractivity contribution is 0.0692. The summed E-state index contributed by atoms with van der Waals surface area (Å²) in [6, 6.07) is 2.01. The van der Waals surface area contributed by atoms with Crippen LogP contribution in [-0.2, 0) is 0 Å². The van der Waals surface area contributed by atoms with Crippen molar-refractivity contribution in [1.82, 2.24) is 0 Å². The van der Waals surface area contributed by atoms with Gasteiger partial charge in [-0.25, -0.2) is 4.79 Å². The average molecular weight is 184 g/mol. The molecule has 70 valence electrons. The molecule has 0 aliphatic rings. The second-order valence-corrected chi connectivity index (χ2v) is 2.35. The Labute approximate surface area is 73.8 Å². The number of phenols is 2. The molecule has 13 heavy (non-hydrogen) atoms. The first-order valence-corrected chi connectivity index (χ1v) is 3.39. The minimum absolute atomic E-state index is 0.162. The van der Waals surface area contributed by atoms with Gasteiger partial charge >= 0.3 is 5.97 Å². The van der Waals surface area contributed by atoms with Crippen molar-refractivity contribution in [3.8, 4) is 17.2 Å². The van der Waals surface area contributed by atoms with Gasteiger partial charge in [-0.05, 0) is 6.07 Å². The molecule has 0 spiro atoms. The molecular weight excluding hydrogens is 176 g/mol. The van der Waals surface area contributed by atoms with Crippen molar-refractivity contribution in [2.45, 2.75) is 0 Å². The third-order valence-electron chi connectivity index (χ3n) is 1.49.